The van der Waals surface area contributed by atoms with E-state index < -0.39 is 0 Å². The standard InChI is InChI=1S/C16H24O/c1-2-14-8-11-16(17,12-9-14)13-10-15-6-4-3-5-7-15/h3-7,14,17H,2,8-13H2,1H3. The molecule has 0 atom stereocenters. The molecule has 1 nitrogen and oxygen atoms in total. The molecule has 0 unspecified atom stereocenters. The molecule has 0 heterocycles. The molecule has 0 radical (unpaired) electrons. The Bertz CT molecular complexity index is 323. The Morgan fingerprint density at radius 3 is 2.41 bits per heavy atom. The second kappa shape index (κ2) is 5.68. The Morgan fingerprint density at radius 2 is 1.82 bits per heavy atom. The van der Waals surface area contributed by atoms with E-state index in [4.69, 9.17) is 0 Å². The van der Waals surface area contributed by atoms with E-state index in [1.54, 1.807) is 0 Å². The van der Waals surface area contributed by atoms with Crippen LogP contribution in [0, 0.1) is 5.92 Å². The average molecular weight is 232 g/mol. The van der Waals surface area contributed by atoms with Gasteiger partial charge in [0.1, 0.15) is 0 Å². The summed E-state index contributed by atoms with van der Waals surface area (Å²) in [5, 5.41) is 10.5. The fourth-order valence-electron chi connectivity index (χ4n) is 2.89. The predicted molar refractivity (Wildman–Crippen MR) is 72.0 cm³/mol. The molecule has 1 aromatic carbocycles. The first kappa shape index (κ1) is 12.6. The predicted octanol–water partition coefficient (Wildman–Crippen LogP) is 3.95. The fraction of sp³-hybridized carbons (Fsp3) is 0.625. The molecule has 2 rings (SSSR count). The highest BCUT2D eigenvalue weighted by Crippen LogP contribution is 2.36. The average Bonchev–Trinajstić information content (AvgIpc) is 2.39. The smallest absolute Gasteiger partial charge is 0.0651 e. The Morgan fingerprint density at radius 1 is 1.18 bits per heavy atom. The molecule has 1 fully saturated rings. The van der Waals surface area contributed by atoms with Crippen molar-refractivity contribution in [2.45, 2.75) is 57.5 Å². The van der Waals surface area contributed by atoms with E-state index in [0.717, 1.165) is 31.6 Å². The Hall–Kier alpha value is -0.820. The molecule has 1 aliphatic carbocycles. The molecule has 0 saturated heterocycles. The first-order valence-electron chi connectivity index (χ1n) is 6.98. The third-order valence-electron chi connectivity index (χ3n) is 4.34. The topological polar surface area (TPSA) is 20.2 Å². The van der Waals surface area contributed by atoms with Crippen LogP contribution < -0.4 is 0 Å². The van der Waals surface area contributed by atoms with Gasteiger partial charge in [0.25, 0.3) is 0 Å². The van der Waals surface area contributed by atoms with Crippen molar-refractivity contribution >= 4 is 0 Å². The van der Waals surface area contributed by atoms with Gasteiger partial charge in [-0.2, -0.15) is 0 Å². The van der Waals surface area contributed by atoms with Gasteiger partial charge in [0.15, 0.2) is 0 Å². The lowest BCUT2D eigenvalue weighted by molar-refractivity contribution is -0.0166. The SMILES string of the molecule is CCC1CCC(O)(CCc2ccccc2)CC1. The first-order chi connectivity index (χ1) is 8.22. The van der Waals surface area contributed by atoms with E-state index in [1.807, 2.05) is 6.07 Å². The van der Waals surface area contributed by atoms with Crippen molar-refractivity contribution in [3.05, 3.63) is 35.9 Å². The van der Waals surface area contributed by atoms with Crippen LogP contribution in [0.1, 0.15) is 51.0 Å². The molecule has 0 spiro atoms. The molecule has 1 N–H and O–H groups in total. The lowest BCUT2D eigenvalue weighted by Crippen LogP contribution is -2.34. The minimum atomic E-state index is -0.387. The summed E-state index contributed by atoms with van der Waals surface area (Å²) < 4.78 is 0. The van der Waals surface area contributed by atoms with Gasteiger partial charge in [0.05, 0.1) is 5.60 Å². The molecule has 1 aliphatic rings. The third-order valence-corrected chi connectivity index (χ3v) is 4.34. The lowest BCUT2D eigenvalue weighted by Gasteiger charge is -2.36. The van der Waals surface area contributed by atoms with Crippen molar-refractivity contribution in [2.75, 3.05) is 0 Å². The minimum absolute atomic E-state index is 0.387. The van der Waals surface area contributed by atoms with Gasteiger partial charge in [0, 0.05) is 0 Å². The van der Waals surface area contributed by atoms with Crippen LogP contribution in [0.5, 0.6) is 0 Å². The van der Waals surface area contributed by atoms with Gasteiger partial charge in [-0.3, -0.25) is 0 Å². The van der Waals surface area contributed by atoms with E-state index in [1.165, 1.54) is 24.8 Å². The van der Waals surface area contributed by atoms with Crippen LogP contribution in [0.2, 0.25) is 0 Å². The summed E-state index contributed by atoms with van der Waals surface area (Å²) in [6.07, 6.45) is 7.62. The summed E-state index contributed by atoms with van der Waals surface area (Å²) in [6, 6.07) is 10.5. The zero-order valence-electron chi connectivity index (χ0n) is 10.9. The molecule has 1 aromatic rings. The molecular formula is C16H24O. The van der Waals surface area contributed by atoms with Gasteiger partial charge in [0.2, 0.25) is 0 Å². The number of hydrogen-bond donors (Lipinski definition) is 1. The number of aryl methyl sites for hydroxylation is 1. The molecule has 1 heteroatoms. The van der Waals surface area contributed by atoms with Crippen LogP contribution in [0.15, 0.2) is 30.3 Å². The molecule has 0 aliphatic heterocycles. The fourth-order valence-corrected chi connectivity index (χ4v) is 2.89. The van der Waals surface area contributed by atoms with Gasteiger partial charge in [-0.05, 0) is 50.0 Å². The van der Waals surface area contributed by atoms with Crippen LogP contribution in [0.3, 0.4) is 0 Å². The quantitative estimate of drug-likeness (QED) is 0.833. The zero-order chi connectivity index (χ0) is 12.1. The minimum Gasteiger partial charge on any atom is -0.390 e. The number of rotatable bonds is 4. The third kappa shape index (κ3) is 3.57. The molecule has 94 valence electrons. The summed E-state index contributed by atoms with van der Waals surface area (Å²) in [5.74, 6) is 0.854. The maximum absolute atomic E-state index is 10.5. The van der Waals surface area contributed by atoms with Gasteiger partial charge in [-0.15, -0.1) is 0 Å². The van der Waals surface area contributed by atoms with E-state index in [9.17, 15) is 5.11 Å². The highest BCUT2D eigenvalue weighted by atomic mass is 16.3. The summed E-state index contributed by atoms with van der Waals surface area (Å²) in [7, 11) is 0. The van der Waals surface area contributed by atoms with Crippen LogP contribution in [-0.4, -0.2) is 10.7 Å². The number of hydrogen-bond acceptors (Lipinski definition) is 1. The first-order valence-corrected chi connectivity index (χ1v) is 6.98. The second-order valence-corrected chi connectivity index (χ2v) is 5.56. The van der Waals surface area contributed by atoms with Crippen molar-refractivity contribution in [3.8, 4) is 0 Å². The van der Waals surface area contributed by atoms with Gasteiger partial charge >= 0.3 is 0 Å². The Balaban J connectivity index is 1.83. The van der Waals surface area contributed by atoms with E-state index in [2.05, 4.69) is 31.2 Å². The lowest BCUT2D eigenvalue weighted by atomic mass is 9.75. The molecule has 17 heavy (non-hydrogen) atoms. The molecule has 1 saturated carbocycles. The highest BCUT2D eigenvalue weighted by molar-refractivity contribution is 5.15. The van der Waals surface area contributed by atoms with E-state index >= 15 is 0 Å². The monoisotopic (exact) mass is 232 g/mol. The highest BCUT2D eigenvalue weighted by Gasteiger charge is 2.31. The van der Waals surface area contributed by atoms with Crippen molar-refractivity contribution in [3.63, 3.8) is 0 Å². The maximum atomic E-state index is 10.5. The normalized spacial score (nSPS) is 29.2. The largest absolute Gasteiger partial charge is 0.390 e. The number of aliphatic hydroxyl groups is 1. The van der Waals surface area contributed by atoms with Gasteiger partial charge in [-0.25, -0.2) is 0 Å². The van der Waals surface area contributed by atoms with Crippen molar-refractivity contribution in [1.29, 1.82) is 0 Å². The van der Waals surface area contributed by atoms with E-state index in [0.29, 0.717) is 0 Å². The van der Waals surface area contributed by atoms with Crippen molar-refractivity contribution in [1.82, 2.24) is 0 Å². The van der Waals surface area contributed by atoms with Crippen LogP contribution in [0.4, 0.5) is 0 Å². The molecular weight excluding hydrogens is 208 g/mol. The zero-order valence-corrected chi connectivity index (χ0v) is 10.9. The summed E-state index contributed by atoms with van der Waals surface area (Å²) in [4.78, 5) is 0. The summed E-state index contributed by atoms with van der Waals surface area (Å²) in [6.45, 7) is 2.26. The maximum Gasteiger partial charge on any atom is 0.0651 e. The molecule has 0 bridgehead atoms. The number of benzene rings is 1. The van der Waals surface area contributed by atoms with Gasteiger partial charge in [-0.1, -0.05) is 43.7 Å². The van der Waals surface area contributed by atoms with Gasteiger partial charge < -0.3 is 5.11 Å². The van der Waals surface area contributed by atoms with Crippen molar-refractivity contribution in [2.24, 2.45) is 5.92 Å². The van der Waals surface area contributed by atoms with Crippen LogP contribution in [0.25, 0.3) is 0 Å². The molecule has 0 aromatic heterocycles. The Kier molecular flexibility index (Phi) is 4.22. The van der Waals surface area contributed by atoms with Crippen LogP contribution >= 0.6 is 0 Å². The Labute approximate surface area is 105 Å². The second-order valence-electron chi connectivity index (χ2n) is 5.56. The molecule has 0 amide bonds. The summed E-state index contributed by atoms with van der Waals surface area (Å²) >= 11 is 0. The van der Waals surface area contributed by atoms with Crippen LogP contribution in [-0.2, 0) is 6.42 Å². The van der Waals surface area contributed by atoms with E-state index in [-0.39, 0.29) is 5.60 Å². The summed E-state index contributed by atoms with van der Waals surface area (Å²) in [5.41, 5.74) is 0.958. The van der Waals surface area contributed by atoms with Crippen molar-refractivity contribution < 1.29 is 5.11 Å².